The molecule has 4 aromatic rings. The number of ether oxygens (including phenoxy) is 1. The van der Waals surface area contributed by atoms with Crippen LogP contribution in [0.15, 0.2) is 68.8 Å². The molecule has 10 heteroatoms. The maximum atomic E-state index is 13.5. The fourth-order valence-corrected chi connectivity index (χ4v) is 5.21. The second-order valence-electron chi connectivity index (χ2n) is 9.13. The Labute approximate surface area is 224 Å². The van der Waals surface area contributed by atoms with E-state index in [1.54, 1.807) is 9.36 Å². The second kappa shape index (κ2) is 10.7. The van der Waals surface area contributed by atoms with Crippen LogP contribution in [0.4, 0.5) is 11.4 Å². The van der Waals surface area contributed by atoms with Crippen molar-refractivity contribution in [3.8, 4) is 22.7 Å². The van der Waals surface area contributed by atoms with Crippen molar-refractivity contribution in [1.82, 2.24) is 14.0 Å². The summed E-state index contributed by atoms with van der Waals surface area (Å²) >= 11 is 1.41. The number of carbonyl (C=O) groups is 1. The number of rotatable bonds is 7. The number of thiazole rings is 1. The Hall–Kier alpha value is -4.18. The number of aromatic nitrogens is 3. The van der Waals surface area contributed by atoms with Crippen LogP contribution in [0.5, 0.6) is 5.75 Å². The standard InChI is InChI=1S/C28H30N6O3S/c1-5-19(6-2)15-29-33-23(20-12-13-24-22(14-20)30-25(35)16-37-24)17-38-28(33)31-26-18(3)32(4)34(27(26)36)21-10-8-7-9-11-21/h7-15,17,19H,5-6,16H2,1-4H3,(H,30,35). The first-order valence-electron chi connectivity index (χ1n) is 12.6. The van der Waals surface area contributed by atoms with Gasteiger partial charge in [-0.15, -0.1) is 11.3 Å². The summed E-state index contributed by atoms with van der Waals surface area (Å²) in [6.07, 6.45) is 3.88. The van der Waals surface area contributed by atoms with E-state index in [0.29, 0.717) is 27.8 Å². The zero-order valence-corrected chi connectivity index (χ0v) is 22.7. The van der Waals surface area contributed by atoms with Crippen LogP contribution >= 0.6 is 11.3 Å². The number of carbonyl (C=O) groups excluding carboxylic acids is 1. The van der Waals surface area contributed by atoms with Crippen molar-refractivity contribution < 1.29 is 9.53 Å². The van der Waals surface area contributed by atoms with Gasteiger partial charge in [0.1, 0.15) is 5.75 Å². The molecule has 0 saturated carbocycles. The number of para-hydroxylation sites is 1. The number of nitrogens with one attached hydrogen (secondary N) is 1. The number of hydrogen-bond acceptors (Lipinski definition) is 6. The molecule has 0 radical (unpaired) electrons. The van der Waals surface area contributed by atoms with E-state index < -0.39 is 0 Å². The molecule has 0 spiro atoms. The third kappa shape index (κ3) is 4.74. The number of benzene rings is 2. The first kappa shape index (κ1) is 25.5. The lowest BCUT2D eigenvalue weighted by Crippen LogP contribution is -2.25. The Morgan fingerprint density at radius 3 is 2.63 bits per heavy atom. The first-order valence-corrected chi connectivity index (χ1v) is 13.5. The number of fused-ring (bicyclic) bond motifs is 1. The van der Waals surface area contributed by atoms with Crippen LogP contribution < -0.4 is 20.4 Å². The summed E-state index contributed by atoms with van der Waals surface area (Å²) < 4.78 is 10.7. The topological polar surface area (TPSA) is 94.9 Å². The molecule has 0 unspecified atom stereocenters. The Balaban J connectivity index is 1.67. The van der Waals surface area contributed by atoms with Crippen LogP contribution in [0.25, 0.3) is 16.9 Å². The van der Waals surface area contributed by atoms with Gasteiger partial charge in [0.25, 0.3) is 11.5 Å². The molecule has 0 atom stereocenters. The van der Waals surface area contributed by atoms with Crippen molar-refractivity contribution in [1.29, 1.82) is 0 Å². The van der Waals surface area contributed by atoms with Gasteiger partial charge in [0.05, 0.1) is 22.8 Å². The summed E-state index contributed by atoms with van der Waals surface area (Å²) in [5.74, 6) is 0.750. The van der Waals surface area contributed by atoms with Gasteiger partial charge in [-0.3, -0.25) is 14.3 Å². The van der Waals surface area contributed by atoms with Gasteiger partial charge < -0.3 is 10.1 Å². The number of hydrogen-bond donors (Lipinski definition) is 1. The SMILES string of the molecule is CCC(C=Nn1c(-c2ccc3c(c2)NC(=O)CO3)csc1=Nc1c(C)n(C)n(-c2ccccc2)c1=O)CC. The molecule has 0 aliphatic carbocycles. The summed E-state index contributed by atoms with van der Waals surface area (Å²) in [5.41, 5.74) is 3.95. The van der Waals surface area contributed by atoms with Crippen LogP contribution in [0.3, 0.4) is 0 Å². The lowest BCUT2D eigenvalue weighted by Gasteiger charge is -2.18. The summed E-state index contributed by atoms with van der Waals surface area (Å²) in [5, 5.41) is 9.66. The summed E-state index contributed by atoms with van der Waals surface area (Å²) in [7, 11) is 1.85. The molecule has 3 heterocycles. The van der Waals surface area contributed by atoms with Crippen molar-refractivity contribution in [2.75, 3.05) is 11.9 Å². The van der Waals surface area contributed by atoms with E-state index >= 15 is 0 Å². The second-order valence-corrected chi connectivity index (χ2v) is 9.96. The highest BCUT2D eigenvalue weighted by Crippen LogP contribution is 2.33. The van der Waals surface area contributed by atoms with Gasteiger partial charge in [0.2, 0.25) is 4.80 Å². The van der Waals surface area contributed by atoms with Crippen molar-refractivity contribution in [3.05, 3.63) is 74.8 Å². The molecule has 196 valence electrons. The minimum absolute atomic E-state index is 0.00444. The minimum Gasteiger partial charge on any atom is -0.482 e. The maximum absolute atomic E-state index is 13.5. The normalized spacial score (nSPS) is 13.7. The van der Waals surface area contributed by atoms with E-state index in [-0.39, 0.29) is 18.1 Å². The molecule has 2 aromatic heterocycles. The van der Waals surface area contributed by atoms with Crippen LogP contribution in [0.1, 0.15) is 32.4 Å². The highest BCUT2D eigenvalue weighted by Gasteiger charge is 2.19. The van der Waals surface area contributed by atoms with Crippen molar-refractivity contribution in [2.45, 2.75) is 33.6 Å². The highest BCUT2D eigenvalue weighted by atomic mass is 32.1. The van der Waals surface area contributed by atoms with Gasteiger partial charge in [-0.2, -0.15) is 5.10 Å². The molecule has 0 bridgehead atoms. The van der Waals surface area contributed by atoms with Gasteiger partial charge in [0.15, 0.2) is 12.3 Å². The molecule has 1 aliphatic rings. The van der Waals surface area contributed by atoms with E-state index in [4.69, 9.17) is 14.8 Å². The molecule has 0 fully saturated rings. The third-order valence-corrected chi connectivity index (χ3v) is 7.58. The molecule has 9 nitrogen and oxygen atoms in total. The molecule has 2 aromatic carbocycles. The van der Waals surface area contributed by atoms with Crippen LogP contribution in [-0.4, -0.2) is 32.8 Å². The van der Waals surface area contributed by atoms with Crippen LogP contribution in [0.2, 0.25) is 0 Å². The average Bonchev–Trinajstić information content (AvgIpc) is 3.42. The Kier molecular flexibility index (Phi) is 7.15. The fraction of sp³-hybridized carbons (Fsp3) is 0.286. The zero-order chi connectivity index (χ0) is 26.8. The summed E-state index contributed by atoms with van der Waals surface area (Å²) in [6, 6.07) is 15.2. The first-order chi connectivity index (χ1) is 18.4. The van der Waals surface area contributed by atoms with Crippen LogP contribution in [0, 0.1) is 12.8 Å². The monoisotopic (exact) mass is 530 g/mol. The average molecular weight is 531 g/mol. The van der Waals surface area contributed by atoms with Crippen molar-refractivity contribution in [2.24, 2.45) is 23.1 Å². The minimum atomic E-state index is -0.199. The van der Waals surface area contributed by atoms with Crippen molar-refractivity contribution in [3.63, 3.8) is 0 Å². The van der Waals surface area contributed by atoms with E-state index in [1.807, 2.05) is 78.8 Å². The van der Waals surface area contributed by atoms with Crippen molar-refractivity contribution >= 4 is 34.8 Å². The van der Waals surface area contributed by atoms with Crippen LogP contribution in [-0.2, 0) is 11.8 Å². The lowest BCUT2D eigenvalue weighted by atomic mass is 10.1. The van der Waals surface area contributed by atoms with Gasteiger partial charge in [0, 0.05) is 24.2 Å². The molecule has 5 rings (SSSR count). The number of amides is 1. The Bertz CT molecular complexity index is 1640. The molecule has 0 saturated heterocycles. The zero-order valence-electron chi connectivity index (χ0n) is 21.8. The van der Waals surface area contributed by atoms with E-state index in [0.717, 1.165) is 35.5 Å². The lowest BCUT2D eigenvalue weighted by molar-refractivity contribution is -0.118. The van der Waals surface area contributed by atoms with Gasteiger partial charge in [-0.1, -0.05) is 32.0 Å². The quantitative estimate of drug-likeness (QED) is 0.346. The Morgan fingerprint density at radius 1 is 1.13 bits per heavy atom. The molecular formula is C28H30N6O3S. The van der Waals surface area contributed by atoms with Gasteiger partial charge in [-0.25, -0.2) is 14.4 Å². The number of nitrogens with zero attached hydrogens (tertiary/aromatic N) is 5. The predicted molar refractivity (Wildman–Crippen MR) is 151 cm³/mol. The van der Waals surface area contributed by atoms with E-state index in [2.05, 4.69) is 19.2 Å². The molecule has 1 amide bonds. The molecule has 1 N–H and O–H groups in total. The summed E-state index contributed by atoms with van der Waals surface area (Å²) in [4.78, 5) is 30.8. The fourth-order valence-electron chi connectivity index (χ4n) is 4.37. The van der Waals surface area contributed by atoms with Gasteiger partial charge >= 0.3 is 0 Å². The third-order valence-electron chi connectivity index (χ3n) is 6.77. The Morgan fingerprint density at radius 2 is 1.89 bits per heavy atom. The molecule has 38 heavy (non-hydrogen) atoms. The van der Waals surface area contributed by atoms with Gasteiger partial charge in [-0.05, 0) is 56.0 Å². The molecule has 1 aliphatic heterocycles. The maximum Gasteiger partial charge on any atom is 0.297 e. The van der Waals surface area contributed by atoms with E-state index in [1.165, 1.54) is 11.3 Å². The predicted octanol–water partition coefficient (Wildman–Crippen LogP) is 4.85. The van der Waals surface area contributed by atoms with E-state index in [9.17, 15) is 9.59 Å². The smallest absolute Gasteiger partial charge is 0.297 e. The largest absolute Gasteiger partial charge is 0.482 e. The summed E-state index contributed by atoms with van der Waals surface area (Å²) in [6.45, 7) is 6.16. The number of anilines is 1. The highest BCUT2D eigenvalue weighted by molar-refractivity contribution is 7.07. The molecular weight excluding hydrogens is 500 g/mol.